The van der Waals surface area contributed by atoms with E-state index in [2.05, 4.69) is 10.3 Å². The quantitative estimate of drug-likeness (QED) is 0.628. The molecule has 0 saturated carbocycles. The first-order valence-electron chi connectivity index (χ1n) is 8.24. The van der Waals surface area contributed by atoms with Crippen LogP contribution >= 0.6 is 22.9 Å². The fourth-order valence-electron chi connectivity index (χ4n) is 2.39. The van der Waals surface area contributed by atoms with Gasteiger partial charge < -0.3 is 10.1 Å². The summed E-state index contributed by atoms with van der Waals surface area (Å²) in [5.41, 5.74) is 2.39. The molecule has 5 nitrogen and oxygen atoms in total. The number of benzene rings is 2. The molecule has 0 saturated heterocycles. The van der Waals surface area contributed by atoms with E-state index in [0.29, 0.717) is 22.1 Å². The summed E-state index contributed by atoms with van der Waals surface area (Å²) in [4.78, 5) is 29.0. The molecule has 0 aliphatic heterocycles. The van der Waals surface area contributed by atoms with Gasteiger partial charge in [0.05, 0.1) is 5.69 Å². The Bertz CT molecular complexity index is 957. The smallest absolute Gasteiger partial charge is 0.350 e. The lowest BCUT2D eigenvalue weighted by molar-refractivity contribution is -0.124. The van der Waals surface area contributed by atoms with Crippen LogP contribution in [0.15, 0.2) is 54.6 Å². The molecule has 7 heteroatoms. The summed E-state index contributed by atoms with van der Waals surface area (Å²) in [5, 5.41) is 4.03. The van der Waals surface area contributed by atoms with Crippen LogP contribution in [0.1, 0.15) is 20.9 Å². The van der Waals surface area contributed by atoms with Gasteiger partial charge in [-0.2, -0.15) is 0 Å². The van der Waals surface area contributed by atoms with E-state index in [4.69, 9.17) is 16.3 Å². The normalized spacial score (nSPS) is 10.4. The van der Waals surface area contributed by atoms with Crippen molar-refractivity contribution in [1.82, 2.24) is 10.3 Å². The molecule has 2 aromatic carbocycles. The number of nitrogens with zero attached hydrogens (tertiary/aromatic N) is 1. The molecule has 138 valence electrons. The predicted octanol–water partition coefficient (Wildman–Crippen LogP) is 4.25. The minimum atomic E-state index is -0.551. The van der Waals surface area contributed by atoms with Crippen molar-refractivity contribution >= 4 is 34.8 Å². The van der Waals surface area contributed by atoms with E-state index in [1.54, 1.807) is 25.1 Å². The number of halogens is 1. The van der Waals surface area contributed by atoms with Gasteiger partial charge in [0.1, 0.15) is 9.88 Å². The molecule has 0 atom stereocenters. The number of amides is 1. The Morgan fingerprint density at radius 3 is 2.67 bits per heavy atom. The van der Waals surface area contributed by atoms with Gasteiger partial charge in [-0.05, 0) is 24.6 Å². The first-order valence-corrected chi connectivity index (χ1v) is 9.43. The maximum Gasteiger partial charge on any atom is 0.350 e. The Hall–Kier alpha value is -2.70. The van der Waals surface area contributed by atoms with Gasteiger partial charge in [-0.3, -0.25) is 4.79 Å². The highest BCUT2D eigenvalue weighted by molar-refractivity contribution is 7.17. The third-order valence-electron chi connectivity index (χ3n) is 3.72. The number of hydrogen-bond donors (Lipinski definition) is 1. The predicted molar refractivity (Wildman–Crippen MR) is 106 cm³/mol. The molecule has 0 aliphatic rings. The van der Waals surface area contributed by atoms with Crippen LogP contribution in [0.25, 0.3) is 10.6 Å². The SMILES string of the molecule is Cc1nc(-c2ccccc2)sc1C(=O)OCC(=O)NCc1cccc(Cl)c1. The maximum absolute atomic E-state index is 12.3. The van der Waals surface area contributed by atoms with Crippen LogP contribution in [0.2, 0.25) is 5.02 Å². The van der Waals surface area contributed by atoms with Crippen molar-refractivity contribution in [2.24, 2.45) is 0 Å². The summed E-state index contributed by atoms with van der Waals surface area (Å²) in [6.45, 7) is 1.71. The number of hydrogen-bond acceptors (Lipinski definition) is 5. The number of thiazole rings is 1. The zero-order chi connectivity index (χ0) is 19.2. The third kappa shape index (κ3) is 5.15. The largest absolute Gasteiger partial charge is 0.451 e. The zero-order valence-electron chi connectivity index (χ0n) is 14.6. The van der Waals surface area contributed by atoms with Crippen LogP contribution in [-0.4, -0.2) is 23.5 Å². The second-order valence-electron chi connectivity index (χ2n) is 5.78. The minimum Gasteiger partial charge on any atom is -0.451 e. The van der Waals surface area contributed by atoms with Gasteiger partial charge >= 0.3 is 5.97 Å². The molecule has 27 heavy (non-hydrogen) atoms. The second-order valence-corrected chi connectivity index (χ2v) is 7.22. The summed E-state index contributed by atoms with van der Waals surface area (Å²) >= 11 is 7.16. The lowest BCUT2D eigenvalue weighted by Gasteiger charge is -2.06. The molecule has 3 rings (SSSR count). The standard InChI is InChI=1S/C20H17ClN2O3S/c1-13-18(27-19(23-13)15-7-3-2-4-8-15)20(25)26-12-17(24)22-11-14-6-5-9-16(21)10-14/h2-10H,11-12H2,1H3,(H,22,24). The Morgan fingerprint density at radius 1 is 1.15 bits per heavy atom. The molecule has 0 radical (unpaired) electrons. The van der Waals surface area contributed by atoms with Gasteiger partial charge in [0, 0.05) is 17.1 Å². The number of ether oxygens (including phenoxy) is 1. The average molecular weight is 401 g/mol. The van der Waals surface area contributed by atoms with Crippen LogP contribution in [-0.2, 0) is 16.1 Å². The summed E-state index contributed by atoms with van der Waals surface area (Å²) in [6.07, 6.45) is 0. The molecule has 0 spiro atoms. The van der Waals surface area contributed by atoms with E-state index in [-0.39, 0.29) is 12.5 Å². The third-order valence-corrected chi connectivity index (χ3v) is 5.14. The van der Waals surface area contributed by atoms with E-state index >= 15 is 0 Å². The Labute approximate surface area is 166 Å². The lowest BCUT2D eigenvalue weighted by Crippen LogP contribution is -2.28. The molecule has 3 aromatic rings. The molecule has 1 amide bonds. The van der Waals surface area contributed by atoms with Crippen LogP contribution in [0, 0.1) is 6.92 Å². The molecule has 0 aliphatic carbocycles. The van der Waals surface area contributed by atoms with E-state index in [0.717, 1.165) is 16.1 Å². The fraction of sp³-hybridized carbons (Fsp3) is 0.150. The van der Waals surface area contributed by atoms with Crippen molar-refractivity contribution in [3.05, 3.63) is 75.8 Å². The van der Waals surface area contributed by atoms with Crippen LogP contribution in [0.4, 0.5) is 0 Å². The van der Waals surface area contributed by atoms with Gasteiger partial charge in [-0.25, -0.2) is 9.78 Å². The molecule has 0 bridgehead atoms. The van der Waals surface area contributed by atoms with Crippen LogP contribution in [0.5, 0.6) is 0 Å². The molecule has 1 aromatic heterocycles. The Morgan fingerprint density at radius 2 is 1.93 bits per heavy atom. The van der Waals surface area contributed by atoms with Gasteiger partial charge in [0.25, 0.3) is 5.91 Å². The minimum absolute atomic E-state index is 0.314. The van der Waals surface area contributed by atoms with E-state index < -0.39 is 5.97 Å². The lowest BCUT2D eigenvalue weighted by atomic mass is 10.2. The Balaban J connectivity index is 1.54. The molecular formula is C20H17ClN2O3S. The highest BCUT2D eigenvalue weighted by atomic mass is 35.5. The number of esters is 1. The van der Waals surface area contributed by atoms with Crippen molar-refractivity contribution in [1.29, 1.82) is 0 Å². The highest BCUT2D eigenvalue weighted by Crippen LogP contribution is 2.28. The van der Waals surface area contributed by atoms with Crippen molar-refractivity contribution in [2.75, 3.05) is 6.61 Å². The van der Waals surface area contributed by atoms with Crippen molar-refractivity contribution < 1.29 is 14.3 Å². The monoisotopic (exact) mass is 400 g/mol. The second kappa shape index (κ2) is 8.79. The van der Waals surface area contributed by atoms with Crippen molar-refractivity contribution in [2.45, 2.75) is 13.5 Å². The first-order chi connectivity index (χ1) is 13.0. The molecular weight excluding hydrogens is 384 g/mol. The maximum atomic E-state index is 12.3. The molecule has 0 unspecified atom stereocenters. The first kappa shape index (κ1) is 19.1. The number of rotatable bonds is 6. The summed E-state index contributed by atoms with van der Waals surface area (Å²) < 4.78 is 5.13. The van der Waals surface area contributed by atoms with E-state index in [1.165, 1.54) is 11.3 Å². The zero-order valence-corrected chi connectivity index (χ0v) is 16.1. The fourth-order valence-corrected chi connectivity index (χ4v) is 3.56. The van der Waals surface area contributed by atoms with Gasteiger partial charge in [0.15, 0.2) is 6.61 Å². The summed E-state index contributed by atoms with van der Waals surface area (Å²) in [5.74, 6) is -0.932. The Kier molecular flexibility index (Phi) is 6.21. The van der Waals surface area contributed by atoms with Gasteiger partial charge in [-0.15, -0.1) is 11.3 Å². The average Bonchev–Trinajstić information content (AvgIpc) is 3.07. The van der Waals surface area contributed by atoms with Crippen molar-refractivity contribution in [3.63, 3.8) is 0 Å². The summed E-state index contributed by atoms with van der Waals surface area (Å²) in [6, 6.07) is 16.8. The topological polar surface area (TPSA) is 68.3 Å². The van der Waals surface area contributed by atoms with Gasteiger partial charge in [-0.1, -0.05) is 54.1 Å². The number of aromatic nitrogens is 1. The van der Waals surface area contributed by atoms with Gasteiger partial charge in [0.2, 0.25) is 0 Å². The van der Waals surface area contributed by atoms with E-state index in [9.17, 15) is 9.59 Å². The number of carbonyl (C=O) groups is 2. The highest BCUT2D eigenvalue weighted by Gasteiger charge is 2.18. The van der Waals surface area contributed by atoms with E-state index in [1.807, 2.05) is 36.4 Å². The number of nitrogens with one attached hydrogen (secondary N) is 1. The molecule has 1 N–H and O–H groups in total. The number of carbonyl (C=O) groups excluding carboxylic acids is 2. The molecule has 0 fully saturated rings. The van der Waals surface area contributed by atoms with Crippen LogP contribution < -0.4 is 5.32 Å². The molecule has 1 heterocycles. The summed E-state index contributed by atoms with van der Waals surface area (Å²) in [7, 11) is 0. The van der Waals surface area contributed by atoms with Crippen LogP contribution in [0.3, 0.4) is 0 Å². The number of aryl methyl sites for hydroxylation is 1. The van der Waals surface area contributed by atoms with Crippen molar-refractivity contribution in [3.8, 4) is 10.6 Å².